The van der Waals surface area contributed by atoms with Crippen molar-refractivity contribution in [3.8, 4) is 0 Å². The fourth-order valence-corrected chi connectivity index (χ4v) is 1.45. The van der Waals surface area contributed by atoms with Crippen LogP contribution in [0.1, 0.15) is 11.3 Å². The molecule has 0 aliphatic rings. The fraction of sp³-hybridized carbons (Fsp3) is 0.625. The first-order chi connectivity index (χ1) is 7.28. The van der Waals surface area contributed by atoms with Crippen LogP contribution in [-0.4, -0.2) is 30.9 Å². The van der Waals surface area contributed by atoms with Crippen LogP contribution in [0.15, 0.2) is 6.20 Å². The normalized spacial score (nSPS) is 12.3. The molecule has 0 atom stereocenters. The van der Waals surface area contributed by atoms with Crippen LogP contribution in [0.25, 0.3) is 0 Å². The SMILES string of the molecule is Cc1nn(CC(F)F)cc1COS(C)(=O)=O. The third-order valence-corrected chi connectivity index (χ3v) is 2.35. The van der Waals surface area contributed by atoms with E-state index in [9.17, 15) is 17.2 Å². The van der Waals surface area contributed by atoms with Gasteiger partial charge in [0.25, 0.3) is 16.5 Å². The lowest BCUT2D eigenvalue weighted by atomic mass is 10.3. The van der Waals surface area contributed by atoms with Gasteiger partial charge in [-0.05, 0) is 6.92 Å². The van der Waals surface area contributed by atoms with Crippen molar-refractivity contribution in [3.05, 3.63) is 17.5 Å². The first-order valence-corrected chi connectivity index (χ1v) is 6.25. The Morgan fingerprint density at radius 3 is 2.69 bits per heavy atom. The third-order valence-electron chi connectivity index (χ3n) is 1.80. The van der Waals surface area contributed by atoms with Gasteiger partial charge in [0.15, 0.2) is 0 Å². The summed E-state index contributed by atoms with van der Waals surface area (Å²) in [5, 5.41) is 3.81. The molecule has 0 fully saturated rings. The van der Waals surface area contributed by atoms with Gasteiger partial charge in [-0.1, -0.05) is 0 Å². The maximum absolute atomic E-state index is 12.0. The zero-order chi connectivity index (χ0) is 12.3. The second kappa shape index (κ2) is 4.88. The minimum atomic E-state index is -3.54. The first kappa shape index (κ1) is 13.0. The van der Waals surface area contributed by atoms with Gasteiger partial charge in [-0.3, -0.25) is 8.86 Å². The number of hydrogen-bond donors (Lipinski definition) is 0. The van der Waals surface area contributed by atoms with Crippen molar-refractivity contribution >= 4 is 10.1 Å². The molecule has 0 saturated carbocycles. The van der Waals surface area contributed by atoms with Crippen LogP contribution >= 0.6 is 0 Å². The van der Waals surface area contributed by atoms with E-state index < -0.39 is 23.1 Å². The van der Waals surface area contributed by atoms with Crippen molar-refractivity contribution in [2.24, 2.45) is 0 Å². The van der Waals surface area contributed by atoms with Crippen molar-refractivity contribution in [2.75, 3.05) is 6.26 Å². The van der Waals surface area contributed by atoms with Crippen molar-refractivity contribution in [2.45, 2.75) is 26.5 Å². The number of aromatic nitrogens is 2. The second-order valence-corrected chi connectivity index (χ2v) is 4.96. The van der Waals surface area contributed by atoms with Gasteiger partial charge < -0.3 is 0 Å². The number of rotatable bonds is 5. The summed E-state index contributed by atoms with van der Waals surface area (Å²) in [6.07, 6.45) is -0.221. The minimum Gasteiger partial charge on any atom is -0.266 e. The lowest BCUT2D eigenvalue weighted by molar-refractivity contribution is 0.121. The molecular weight excluding hydrogens is 242 g/mol. The Morgan fingerprint density at radius 2 is 2.19 bits per heavy atom. The Balaban J connectivity index is 2.70. The van der Waals surface area contributed by atoms with Crippen LogP contribution in [0, 0.1) is 6.92 Å². The molecule has 0 amide bonds. The molecule has 0 aromatic carbocycles. The molecule has 0 unspecified atom stereocenters. The predicted octanol–water partition coefficient (Wildman–Crippen LogP) is 0.933. The van der Waals surface area contributed by atoms with E-state index in [4.69, 9.17) is 0 Å². The van der Waals surface area contributed by atoms with E-state index in [-0.39, 0.29) is 6.61 Å². The summed E-state index contributed by atoms with van der Waals surface area (Å²) >= 11 is 0. The summed E-state index contributed by atoms with van der Waals surface area (Å²) in [5.74, 6) is 0. The molecule has 8 heteroatoms. The summed E-state index contributed by atoms with van der Waals surface area (Å²) in [6.45, 7) is 0.899. The summed E-state index contributed by atoms with van der Waals surface area (Å²) in [7, 11) is -3.54. The summed E-state index contributed by atoms with van der Waals surface area (Å²) < 4.78 is 51.2. The number of halogens is 2. The zero-order valence-electron chi connectivity index (χ0n) is 8.85. The van der Waals surface area contributed by atoms with Gasteiger partial charge in [0, 0.05) is 11.8 Å². The van der Waals surface area contributed by atoms with Crippen LogP contribution in [0.4, 0.5) is 8.78 Å². The molecule has 1 aromatic heterocycles. The lowest BCUT2D eigenvalue weighted by Gasteiger charge is -1.99. The van der Waals surface area contributed by atoms with E-state index in [1.54, 1.807) is 6.92 Å². The van der Waals surface area contributed by atoms with Gasteiger partial charge in [0.2, 0.25) is 0 Å². The largest absolute Gasteiger partial charge is 0.266 e. The number of aryl methyl sites for hydroxylation is 1. The van der Waals surface area contributed by atoms with Gasteiger partial charge in [0.1, 0.15) is 6.54 Å². The second-order valence-electron chi connectivity index (χ2n) is 3.32. The van der Waals surface area contributed by atoms with Crippen LogP contribution in [0.2, 0.25) is 0 Å². The third kappa shape index (κ3) is 4.23. The predicted molar refractivity (Wildman–Crippen MR) is 52.6 cm³/mol. The smallest absolute Gasteiger partial charge is 0.264 e. The van der Waals surface area contributed by atoms with Crippen LogP contribution in [0.5, 0.6) is 0 Å². The topological polar surface area (TPSA) is 61.2 Å². The van der Waals surface area contributed by atoms with Gasteiger partial charge in [-0.2, -0.15) is 13.5 Å². The number of alkyl halides is 2. The Bertz CT molecular complexity index is 456. The Labute approximate surface area is 92.1 Å². The van der Waals surface area contributed by atoms with Crippen LogP contribution in [-0.2, 0) is 27.5 Å². The summed E-state index contributed by atoms with van der Waals surface area (Å²) in [4.78, 5) is 0. The monoisotopic (exact) mass is 254 g/mol. The van der Waals surface area contributed by atoms with Gasteiger partial charge >= 0.3 is 0 Å². The van der Waals surface area contributed by atoms with E-state index in [0.717, 1.165) is 10.9 Å². The van der Waals surface area contributed by atoms with Crippen LogP contribution in [0.3, 0.4) is 0 Å². The van der Waals surface area contributed by atoms with Crippen molar-refractivity contribution in [3.63, 3.8) is 0 Å². The fourth-order valence-electron chi connectivity index (χ4n) is 1.11. The Kier molecular flexibility index (Phi) is 3.98. The van der Waals surface area contributed by atoms with Crippen molar-refractivity contribution in [1.82, 2.24) is 9.78 Å². The highest BCUT2D eigenvalue weighted by Crippen LogP contribution is 2.10. The molecule has 0 saturated heterocycles. The first-order valence-electron chi connectivity index (χ1n) is 4.43. The molecule has 0 radical (unpaired) electrons. The molecular formula is C8H12F2N2O3S. The molecule has 92 valence electrons. The van der Waals surface area contributed by atoms with Gasteiger partial charge in [-0.25, -0.2) is 8.78 Å². The van der Waals surface area contributed by atoms with Gasteiger partial charge in [-0.15, -0.1) is 0 Å². The average Bonchev–Trinajstić information content (AvgIpc) is 2.40. The molecule has 1 heterocycles. The Hall–Kier alpha value is -1.02. The molecule has 1 rings (SSSR count). The highest BCUT2D eigenvalue weighted by Gasteiger charge is 2.11. The lowest BCUT2D eigenvalue weighted by Crippen LogP contribution is -2.06. The number of nitrogens with zero attached hydrogens (tertiary/aromatic N) is 2. The molecule has 0 N–H and O–H groups in total. The van der Waals surface area contributed by atoms with E-state index in [2.05, 4.69) is 9.28 Å². The molecule has 0 aliphatic heterocycles. The molecule has 0 spiro atoms. The van der Waals surface area contributed by atoms with Crippen LogP contribution < -0.4 is 0 Å². The van der Waals surface area contributed by atoms with E-state index in [1.165, 1.54) is 6.20 Å². The quantitative estimate of drug-likeness (QED) is 0.733. The number of hydrogen-bond acceptors (Lipinski definition) is 4. The van der Waals surface area contributed by atoms with E-state index in [1.807, 2.05) is 0 Å². The van der Waals surface area contributed by atoms with Gasteiger partial charge in [0.05, 0.1) is 18.6 Å². The van der Waals surface area contributed by atoms with E-state index >= 15 is 0 Å². The van der Waals surface area contributed by atoms with Crippen molar-refractivity contribution in [1.29, 1.82) is 0 Å². The summed E-state index contributed by atoms with van der Waals surface area (Å²) in [5.41, 5.74) is 0.954. The van der Waals surface area contributed by atoms with E-state index in [0.29, 0.717) is 11.3 Å². The summed E-state index contributed by atoms with van der Waals surface area (Å²) in [6, 6.07) is 0. The maximum Gasteiger partial charge on any atom is 0.264 e. The molecule has 16 heavy (non-hydrogen) atoms. The Morgan fingerprint density at radius 1 is 1.56 bits per heavy atom. The highest BCUT2D eigenvalue weighted by atomic mass is 32.2. The average molecular weight is 254 g/mol. The molecule has 5 nitrogen and oxygen atoms in total. The molecule has 0 aliphatic carbocycles. The standard InChI is InChI=1S/C8H12F2N2O3S/c1-6-7(5-15-16(2,13)14)3-12(11-6)4-8(9)10/h3,8H,4-5H2,1-2H3. The molecule has 1 aromatic rings. The maximum atomic E-state index is 12.0. The zero-order valence-corrected chi connectivity index (χ0v) is 9.67. The van der Waals surface area contributed by atoms with Crippen molar-refractivity contribution < 1.29 is 21.4 Å². The highest BCUT2D eigenvalue weighted by molar-refractivity contribution is 7.85. The molecule has 0 bridgehead atoms. The minimum absolute atomic E-state index is 0.187.